The van der Waals surface area contributed by atoms with Gasteiger partial charge in [-0.25, -0.2) is 0 Å². The summed E-state index contributed by atoms with van der Waals surface area (Å²) in [5.74, 6) is 0.678. The molecule has 0 bridgehead atoms. The molecule has 0 saturated heterocycles. The SMILES string of the molecule is CCCCCCOC(=O)C1CCC(O)(c2ccc(OCCCC)cc2)CC1. The number of carbonyl (C=O) groups excluding carboxylic acids is 1. The molecule has 0 aliphatic heterocycles. The van der Waals surface area contributed by atoms with E-state index in [1.807, 2.05) is 24.3 Å². The lowest BCUT2D eigenvalue weighted by Gasteiger charge is -2.35. The summed E-state index contributed by atoms with van der Waals surface area (Å²) in [4.78, 5) is 12.2. The summed E-state index contributed by atoms with van der Waals surface area (Å²) in [6.45, 7) is 5.56. The molecule has 1 fully saturated rings. The first-order chi connectivity index (χ1) is 13.1. The van der Waals surface area contributed by atoms with Gasteiger partial charge in [0.05, 0.1) is 24.7 Å². The van der Waals surface area contributed by atoms with Gasteiger partial charge in [0.25, 0.3) is 0 Å². The van der Waals surface area contributed by atoms with Crippen molar-refractivity contribution in [3.05, 3.63) is 29.8 Å². The zero-order valence-electron chi connectivity index (χ0n) is 17.0. The highest BCUT2D eigenvalue weighted by atomic mass is 16.5. The first kappa shape index (κ1) is 21.7. The Bertz CT molecular complexity index is 544. The Labute approximate surface area is 164 Å². The van der Waals surface area contributed by atoms with Crippen LogP contribution in [0.1, 0.15) is 83.6 Å². The number of hydrogen-bond acceptors (Lipinski definition) is 4. The van der Waals surface area contributed by atoms with E-state index in [0.29, 0.717) is 32.3 Å². The second-order valence-corrected chi connectivity index (χ2v) is 7.76. The largest absolute Gasteiger partial charge is 0.494 e. The molecule has 1 aromatic carbocycles. The minimum atomic E-state index is -0.847. The van der Waals surface area contributed by atoms with Crippen molar-refractivity contribution in [3.63, 3.8) is 0 Å². The van der Waals surface area contributed by atoms with Gasteiger partial charge in [-0.05, 0) is 56.2 Å². The van der Waals surface area contributed by atoms with Crippen molar-refractivity contribution < 1.29 is 19.4 Å². The van der Waals surface area contributed by atoms with E-state index in [0.717, 1.165) is 43.6 Å². The third kappa shape index (κ3) is 6.84. The Morgan fingerprint density at radius 3 is 2.30 bits per heavy atom. The maximum absolute atomic E-state index is 12.2. The van der Waals surface area contributed by atoms with E-state index in [9.17, 15) is 9.90 Å². The van der Waals surface area contributed by atoms with Crippen molar-refractivity contribution in [1.29, 1.82) is 0 Å². The van der Waals surface area contributed by atoms with Gasteiger partial charge in [-0.1, -0.05) is 51.7 Å². The Morgan fingerprint density at radius 1 is 1.00 bits per heavy atom. The molecule has 1 aliphatic rings. The van der Waals surface area contributed by atoms with Crippen LogP contribution in [0, 0.1) is 5.92 Å². The molecule has 0 radical (unpaired) electrons. The molecule has 0 spiro atoms. The average Bonchev–Trinajstić information content (AvgIpc) is 2.69. The van der Waals surface area contributed by atoms with Crippen LogP contribution in [-0.2, 0) is 15.1 Å². The number of esters is 1. The topological polar surface area (TPSA) is 55.8 Å². The van der Waals surface area contributed by atoms with Gasteiger partial charge < -0.3 is 14.6 Å². The zero-order chi connectivity index (χ0) is 19.5. The lowest BCUT2D eigenvalue weighted by Crippen LogP contribution is -2.34. The van der Waals surface area contributed by atoms with Crippen LogP contribution >= 0.6 is 0 Å². The predicted octanol–water partition coefficient (Wildman–Crippen LogP) is 5.37. The summed E-state index contributed by atoms with van der Waals surface area (Å²) < 4.78 is 11.1. The summed E-state index contributed by atoms with van der Waals surface area (Å²) in [6.07, 6.45) is 9.14. The quantitative estimate of drug-likeness (QED) is 0.417. The molecule has 1 aromatic rings. The lowest BCUT2D eigenvalue weighted by atomic mass is 9.75. The lowest BCUT2D eigenvalue weighted by molar-refractivity contribution is -0.152. The molecule has 152 valence electrons. The van der Waals surface area contributed by atoms with E-state index < -0.39 is 5.60 Å². The molecule has 0 atom stereocenters. The predicted molar refractivity (Wildman–Crippen MR) is 108 cm³/mol. The number of benzene rings is 1. The van der Waals surface area contributed by atoms with E-state index in [4.69, 9.17) is 9.47 Å². The molecule has 1 N–H and O–H groups in total. The Kier molecular flexibility index (Phi) is 9.12. The fraction of sp³-hybridized carbons (Fsp3) is 0.696. The monoisotopic (exact) mass is 376 g/mol. The van der Waals surface area contributed by atoms with Crippen molar-refractivity contribution in [2.45, 2.75) is 83.7 Å². The smallest absolute Gasteiger partial charge is 0.308 e. The summed E-state index contributed by atoms with van der Waals surface area (Å²) >= 11 is 0. The van der Waals surface area contributed by atoms with Gasteiger partial charge in [0.2, 0.25) is 0 Å². The Morgan fingerprint density at radius 2 is 1.67 bits per heavy atom. The molecule has 4 nitrogen and oxygen atoms in total. The van der Waals surface area contributed by atoms with E-state index in [2.05, 4.69) is 13.8 Å². The first-order valence-corrected chi connectivity index (χ1v) is 10.7. The molecule has 2 rings (SSSR count). The number of aliphatic hydroxyl groups is 1. The van der Waals surface area contributed by atoms with Gasteiger partial charge in [0.1, 0.15) is 5.75 Å². The normalized spacial score (nSPS) is 22.4. The zero-order valence-corrected chi connectivity index (χ0v) is 17.0. The van der Waals surface area contributed by atoms with Gasteiger partial charge in [0, 0.05) is 0 Å². The minimum absolute atomic E-state index is 0.0758. The van der Waals surface area contributed by atoms with Crippen LogP contribution in [0.5, 0.6) is 5.75 Å². The number of carbonyl (C=O) groups is 1. The van der Waals surface area contributed by atoms with Crippen molar-refractivity contribution in [2.24, 2.45) is 5.92 Å². The third-order valence-electron chi connectivity index (χ3n) is 5.55. The highest BCUT2D eigenvalue weighted by Crippen LogP contribution is 2.40. The summed E-state index contributed by atoms with van der Waals surface area (Å²) in [6, 6.07) is 7.76. The molecule has 27 heavy (non-hydrogen) atoms. The first-order valence-electron chi connectivity index (χ1n) is 10.7. The molecule has 1 saturated carbocycles. The van der Waals surface area contributed by atoms with Gasteiger partial charge in [-0.15, -0.1) is 0 Å². The number of rotatable bonds is 11. The molecule has 0 amide bonds. The van der Waals surface area contributed by atoms with Crippen LogP contribution in [0.15, 0.2) is 24.3 Å². The van der Waals surface area contributed by atoms with Crippen LogP contribution in [-0.4, -0.2) is 24.3 Å². The Balaban J connectivity index is 1.78. The third-order valence-corrected chi connectivity index (χ3v) is 5.55. The number of ether oxygens (including phenoxy) is 2. The van der Waals surface area contributed by atoms with Gasteiger partial charge in [0.15, 0.2) is 0 Å². The fourth-order valence-corrected chi connectivity index (χ4v) is 3.63. The molecule has 0 aromatic heterocycles. The number of unbranched alkanes of at least 4 members (excludes halogenated alkanes) is 4. The highest BCUT2D eigenvalue weighted by molar-refractivity contribution is 5.72. The minimum Gasteiger partial charge on any atom is -0.494 e. The van der Waals surface area contributed by atoms with E-state index in [1.165, 1.54) is 12.8 Å². The second-order valence-electron chi connectivity index (χ2n) is 7.76. The van der Waals surface area contributed by atoms with Crippen LogP contribution in [0.25, 0.3) is 0 Å². The molecule has 0 unspecified atom stereocenters. The van der Waals surface area contributed by atoms with Gasteiger partial charge >= 0.3 is 5.97 Å². The van der Waals surface area contributed by atoms with Gasteiger partial charge in [-0.2, -0.15) is 0 Å². The van der Waals surface area contributed by atoms with Gasteiger partial charge in [-0.3, -0.25) is 4.79 Å². The maximum atomic E-state index is 12.2. The van der Waals surface area contributed by atoms with Crippen molar-refractivity contribution in [2.75, 3.05) is 13.2 Å². The molecule has 0 heterocycles. The average molecular weight is 377 g/mol. The fourth-order valence-electron chi connectivity index (χ4n) is 3.63. The summed E-state index contributed by atoms with van der Waals surface area (Å²) in [5.41, 5.74) is 0.0663. The summed E-state index contributed by atoms with van der Waals surface area (Å²) in [5, 5.41) is 11.0. The van der Waals surface area contributed by atoms with E-state index >= 15 is 0 Å². The highest BCUT2D eigenvalue weighted by Gasteiger charge is 2.37. The molecular formula is C23H36O4. The van der Waals surface area contributed by atoms with E-state index in [1.54, 1.807) is 0 Å². The van der Waals surface area contributed by atoms with Crippen LogP contribution in [0.4, 0.5) is 0 Å². The van der Waals surface area contributed by atoms with Crippen molar-refractivity contribution in [1.82, 2.24) is 0 Å². The number of hydrogen-bond donors (Lipinski definition) is 1. The maximum Gasteiger partial charge on any atom is 0.308 e. The van der Waals surface area contributed by atoms with Crippen LogP contribution in [0.3, 0.4) is 0 Å². The molecule has 4 heteroatoms. The molecule has 1 aliphatic carbocycles. The summed E-state index contributed by atoms with van der Waals surface area (Å²) in [7, 11) is 0. The standard InChI is InChI=1S/C23H36O4/c1-3-5-7-8-18-27-22(24)19-13-15-23(25,16-14-19)20-9-11-21(12-10-20)26-17-6-4-2/h9-12,19,25H,3-8,13-18H2,1-2H3. The second kappa shape index (κ2) is 11.3. The Hall–Kier alpha value is -1.55. The van der Waals surface area contributed by atoms with Crippen molar-refractivity contribution >= 4 is 5.97 Å². The van der Waals surface area contributed by atoms with Crippen LogP contribution < -0.4 is 4.74 Å². The van der Waals surface area contributed by atoms with Crippen LogP contribution in [0.2, 0.25) is 0 Å². The van der Waals surface area contributed by atoms with Crippen molar-refractivity contribution in [3.8, 4) is 5.75 Å². The molecular weight excluding hydrogens is 340 g/mol. The van der Waals surface area contributed by atoms with E-state index in [-0.39, 0.29) is 11.9 Å².